The quantitative estimate of drug-likeness (QED) is 0.484. The molecule has 31 heavy (non-hydrogen) atoms. The van der Waals surface area contributed by atoms with E-state index in [1.807, 2.05) is 61.1 Å². The summed E-state index contributed by atoms with van der Waals surface area (Å²) in [6, 6.07) is 16.3. The lowest BCUT2D eigenvalue weighted by molar-refractivity contribution is -0.125. The van der Waals surface area contributed by atoms with Crippen LogP contribution in [0.1, 0.15) is 30.9 Å². The molecule has 0 aliphatic carbocycles. The molecular weight excluding hydrogens is 386 g/mol. The molecule has 154 valence electrons. The van der Waals surface area contributed by atoms with E-state index in [0.29, 0.717) is 0 Å². The standard InChI is InChI=1S/C26H23N3O2/c1-16(30)18-11-12-29(17(2)31)15-23(18)26(21-13-27-24-9-5-3-7-19(21)24)22-14-28-25-10-6-4-8-20(22)25/h3-15,18,26-28H,1-2H3. The summed E-state index contributed by atoms with van der Waals surface area (Å²) >= 11 is 0. The van der Waals surface area contributed by atoms with Crippen LogP contribution in [0.4, 0.5) is 0 Å². The average Bonchev–Trinajstić information content (AvgIpc) is 3.39. The number of amides is 1. The number of fused-ring (bicyclic) bond motifs is 2. The maximum Gasteiger partial charge on any atom is 0.227 e. The molecule has 1 unspecified atom stereocenters. The minimum atomic E-state index is -0.400. The summed E-state index contributed by atoms with van der Waals surface area (Å²) in [6.45, 7) is 3.13. The van der Waals surface area contributed by atoms with Gasteiger partial charge in [0, 0.05) is 59.4 Å². The highest BCUT2D eigenvalue weighted by Gasteiger charge is 2.33. The van der Waals surface area contributed by atoms with E-state index in [1.54, 1.807) is 18.0 Å². The van der Waals surface area contributed by atoms with Crippen LogP contribution in [0.15, 0.2) is 85.0 Å². The van der Waals surface area contributed by atoms with Crippen molar-refractivity contribution in [3.8, 4) is 0 Å². The molecule has 2 aromatic carbocycles. The predicted molar refractivity (Wildman–Crippen MR) is 122 cm³/mol. The van der Waals surface area contributed by atoms with E-state index in [2.05, 4.69) is 22.1 Å². The lowest BCUT2D eigenvalue weighted by Gasteiger charge is -2.30. The maximum absolute atomic E-state index is 12.6. The second-order valence-corrected chi connectivity index (χ2v) is 8.00. The zero-order valence-corrected chi connectivity index (χ0v) is 17.4. The fraction of sp³-hybridized carbons (Fsp3) is 0.154. The zero-order chi connectivity index (χ0) is 21.5. The third-order valence-electron chi connectivity index (χ3n) is 6.09. The van der Waals surface area contributed by atoms with Crippen molar-refractivity contribution >= 4 is 33.5 Å². The Hall–Kier alpha value is -3.86. The molecule has 5 heteroatoms. The molecule has 3 heterocycles. The van der Waals surface area contributed by atoms with Crippen LogP contribution in [0.2, 0.25) is 0 Å². The van der Waals surface area contributed by atoms with Gasteiger partial charge in [-0.2, -0.15) is 0 Å². The van der Waals surface area contributed by atoms with Crippen molar-refractivity contribution < 1.29 is 9.59 Å². The maximum atomic E-state index is 12.6. The number of aromatic nitrogens is 2. The number of aromatic amines is 2. The number of Topliss-reactive ketones (excluding diaryl/α,β-unsaturated/α-hetero) is 1. The lowest BCUT2D eigenvalue weighted by Crippen LogP contribution is -2.27. The predicted octanol–water partition coefficient (Wildman–Crippen LogP) is 5.25. The van der Waals surface area contributed by atoms with Crippen molar-refractivity contribution in [2.24, 2.45) is 5.92 Å². The van der Waals surface area contributed by atoms with Gasteiger partial charge in [0.05, 0.1) is 5.92 Å². The van der Waals surface area contributed by atoms with Gasteiger partial charge in [0.25, 0.3) is 0 Å². The molecule has 2 aromatic heterocycles. The van der Waals surface area contributed by atoms with Crippen LogP contribution in [0.3, 0.4) is 0 Å². The second-order valence-electron chi connectivity index (χ2n) is 8.00. The van der Waals surface area contributed by atoms with Crippen LogP contribution < -0.4 is 0 Å². The van der Waals surface area contributed by atoms with E-state index in [9.17, 15) is 9.59 Å². The first-order valence-electron chi connectivity index (χ1n) is 10.4. The van der Waals surface area contributed by atoms with Crippen LogP contribution in [0.25, 0.3) is 21.8 Å². The fourth-order valence-corrected chi connectivity index (χ4v) is 4.59. The number of hydrogen-bond donors (Lipinski definition) is 2. The molecule has 5 nitrogen and oxygen atoms in total. The summed E-state index contributed by atoms with van der Waals surface area (Å²) in [6.07, 6.45) is 9.40. The SMILES string of the molecule is CC(=O)C1C=CN(C(C)=O)C=C1C(c1c[nH]c2ccccc12)c1c[nH]c2ccccc12. The highest BCUT2D eigenvalue weighted by atomic mass is 16.2. The molecule has 0 bridgehead atoms. The monoisotopic (exact) mass is 409 g/mol. The Morgan fingerprint density at radius 3 is 1.94 bits per heavy atom. The van der Waals surface area contributed by atoms with Crippen LogP contribution in [-0.4, -0.2) is 26.6 Å². The van der Waals surface area contributed by atoms with E-state index >= 15 is 0 Å². The normalized spacial score (nSPS) is 16.3. The number of nitrogens with one attached hydrogen (secondary N) is 2. The molecule has 1 amide bonds. The number of H-pyrrole nitrogens is 2. The number of nitrogens with zero attached hydrogens (tertiary/aromatic N) is 1. The molecule has 0 saturated carbocycles. The highest BCUT2D eigenvalue weighted by molar-refractivity contribution is 5.91. The summed E-state index contributed by atoms with van der Waals surface area (Å²) in [5.41, 5.74) is 5.13. The van der Waals surface area contributed by atoms with E-state index in [4.69, 9.17) is 0 Å². The number of benzene rings is 2. The Bertz CT molecular complexity index is 1300. The Morgan fingerprint density at radius 2 is 1.42 bits per heavy atom. The average molecular weight is 409 g/mol. The number of allylic oxidation sites excluding steroid dienone is 2. The van der Waals surface area contributed by atoms with Gasteiger partial charge in [-0.1, -0.05) is 42.5 Å². The summed E-state index contributed by atoms with van der Waals surface area (Å²) in [7, 11) is 0. The van der Waals surface area contributed by atoms with Crippen LogP contribution in [-0.2, 0) is 9.59 Å². The van der Waals surface area contributed by atoms with Crippen molar-refractivity contribution in [1.82, 2.24) is 14.9 Å². The van der Waals surface area contributed by atoms with Gasteiger partial charge in [0.15, 0.2) is 0 Å². The van der Waals surface area contributed by atoms with Gasteiger partial charge in [-0.05, 0) is 35.8 Å². The largest absolute Gasteiger partial charge is 0.361 e. The van der Waals surface area contributed by atoms with Gasteiger partial charge in [-0.3, -0.25) is 14.5 Å². The molecular formula is C26H23N3O2. The van der Waals surface area contributed by atoms with Gasteiger partial charge in [0.2, 0.25) is 5.91 Å². The Kier molecular flexibility index (Phi) is 4.59. The molecule has 4 aromatic rings. The number of carbonyl (C=O) groups excluding carboxylic acids is 2. The third-order valence-corrected chi connectivity index (χ3v) is 6.09. The van der Waals surface area contributed by atoms with Crippen molar-refractivity contribution in [3.05, 3.63) is 96.1 Å². The van der Waals surface area contributed by atoms with Crippen LogP contribution in [0.5, 0.6) is 0 Å². The Labute approximate surface area is 180 Å². The molecule has 0 saturated heterocycles. The van der Waals surface area contributed by atoms with Crippen molar-refractivity contribution in [2.45, 2.75) is 19.8 Å². The second kappa shape index (κ2) is 7.43. The van der Waals surface area contributed by atoms with Crippen LogP contribution in [0, 0.1) is 5.92 Å². The van der Waals surface area contributed by atoms with Crippen LogP contribution >= 0.6 is 0 Å². The summed E-state index contributed by atoms with van der Waals surface area (Å²) in [5, 5.41) is 2.20. The Balaban J connectivity index is 1.80. The summed E-state index contributed by atoms with van der Waals surface area (Å²) in [5.74, 6) is -0.640. The third kappa shape index (κ3) is 3.19. The number of carbonyl (C=O) groups is 2. The molecule has 0 fully saturated rings. The zero-order valence-electron chi connectivity index (χ0n) is 17.4. The van der Waals surface area contributed by atoms with E-state index in [1.165, 1.54) is 6.92 Å². The van der Waals surface area contributed by atoms with Gasteiger partial charge >= 0.3 is 0 Å². The summed E-state index contributed by atoms with van der Waals surface area (Å²) in [4.78, 5) is 33.1. The van der Waals surface area contributed by atoms with Gasteiger partial charge in [0.1, 0.15) is 5.78 Å². The fourth-order valence-electron chi connectivity index (χ4n) is 4.59. The van der Waals surface area contributed by atoms with E-state index in [-0.39, 0.29) is 17.6 Å². The van der Waals surface area contributed by atoms with Gasteiger partial charge < -0.3 is 9.97 Å². The first kappa shape index (κ1) is 19.1. The highest BCUT2D eigenvalue weighted by Crippen LogP contribution is 2.43. The number of hydrogen-bond acceptors (Lipinski definition) is 2. The van der Waals surface area contributed by atoms with Gasteiger partial charge in [-0.15, -0.1) is 0 Å². The molecule has 2 N–H and O–H groups in total. The van der Waals surface area contributed by atoms with Crippen molar-refractivity contribution in [1.29, 1.82) is 0 Å². The van der Waals surface area contributed by atoms with Crippen molar-refractivity contribution in [2.75, 3.05) is 0 Å². The van der Waals surface area contributed by atoms with Gasteiger partial charge in [-0.25, -0.2) is 0 Å². The first-order chi connectivity index (χ1) is 15.0. The topological polar surface area (TPSA) is 69.0 Å². The minimum absolute atomic E-state index is 0.0513. The van der Waals surface area contributed by atoms with E-state index < -0.39 is 5.92 Å². The first-order valence-corrected chi connectivity index (χ1v) is 10.4. The minimum Gasteiger partial charge on any atom is -0.361 e. The van der Waals surface area contributed by atoms with Crippen molar-refractivity contribution in [3.63, 3.8) is 0 Å². The Morgan fingerprint density at radius 1 is 0.871 bits per heavy atom. The van der Waals surface area contributed by atoms with E-state index in [0.717, 1.165) is 38.5 Å². The number of para-hydroxylation sites is 2. The smallest absolute Gasteiger partial charge is 0.227 e. The molecule has 1 aliphatic heterocycles. The summed E-state index contributed by atoms with van der Waals surface area (Å²) < 4.78 is 0. The molecule has 0 spiro atoms. The number of rotatable bonds is 4. The molecule has 1 aliphatic rings. The number of ketones is 1. The molecule has 0 radical (unpaired) electrons. The molecule has 1 atom stereocenters. The lowest BCUT2D eigenvalue weighted by atomic mass is 9.77. The molecule has 5 rings (SSSR count).